The van der Waals surface area contributed by atoms with E-state index in [0.717, 1.165) is 30.4 Å². The quantitative estimate of drug-likeness (QED) is 0.251. The van der Waals surface area contributed by atoms with E-state index in [-0.39, 0.29) is 23.8 Å². The van der Waals surface area contributed by atoms with Crippen LogP contribution in [0.4, 0.5) is 23.1 Å². The van der Waals surface area contributed by atoms with Crippen molar-refractivity contribution in [3.05, 3.63) is 72.4 Å². The summed E-state index contributed by atoms with van der Waals surface area (Å²) in [6.45, 7) is 3.62. The molecule has 3 N–H and O–H groups in total. The van der Waals surface area contributed by atoms with E-state index in [2.05, 4.69) is 32.7 Å². The standard InChI is InChI=1S/C28H31ClN6O3/c1-4-25(36)35(2)24-16-19(18-9-6-5-7-10-18)13-14-23(24)32-26-22(29)17-30-28(33-26)31-21-12-8-11-20(15-21)27(37)34-38-3/h4-7,9-10,13-14,16-17,20-21H,1,8,11-12,15H2,2-3H3,(H,34,37)(H2,30,31,32,33). The van der Waals surface area contributed by atoms with Crippen molar-refractivity contribution in [2.45, 2.75) is 31.7 Å². The summed E-state index contributed by atoms with van der Waals surface area (Å²) in [4.78, 5) is 39.9. The number of carbonyl (C=O) groups excluding carboxylic acids is 2. The van der Waals surface area contributed by atoms with Crippen molar-refractivity contribution in [3.63, 3.8) is 0 Å². The van der Waals surface area contributed by atoms with Crippen LogP contribution in [0.1, 0.15) is 25.7 Å². The van der Waals surface area contributed by atoms with Gasteiger partial charge in [0.1, 0.15) is 5.02 Å². The van der Waals surface area contributed by atoms with E-state index < -0.39 is 0 Å². The fourth-order valence-corrected chi connectivity index (χ4v) is 4.70. The minimum absolute atomic E-state index is 0.0300. The maximum absolute atomic E-state index is 12.5. The van der Waals surface area contributed by atoms with E-state index >= 15 is 0 Å². The number of likely N-dealkylation sites (N-methyl/N-ethyl adjacent to an activating group) is 1. The molecule has 2 amide bonds. The number of nitrogens with zero attached hydrogens (tertiary/aromatic N) is 3. The summed E-state index contributed by atoms with van der Waals surface area (Å²) in [7, 11) is 3.12. The van der Waals surface area contributed by atoms with Crippen molar-refractivity contribution in [1.29, 1.82) is 0 Å². The predicted octanol–water partition coefficient (Wildman–Crippen LogP) is 5.34. The van der Waals surface area contributed by atoms with Gasteiger partial charge in [-0.3, -0.25) is 14.4 Å². The molecular formula is C28H31ClN6O3. The summed E-state index contributed by atoms with van der Waals surface area (Å²) in [6.07, 6.45) is 6.03. The van der Waals surface area contributed by atoms with Crippen LogP contribution in [0.3, 0.4) is 0 Å². The number of hydroxylamine groups is 1. The minimum atomic E-state index is -0.251. The summed E-state index contributed by atoms with van der Waals surface area (Å²) in [6, 6.07) is 15.7. The Morgan fingerprint density at radius 3 is 2.68 bits per heavy atom. The predicted molar refractivity (Wildman–Crippen MR) is 150 cm³/mol. The molecular weight excluding hydrogens is 504 g/mol. The number of nitrogens with one attached hydrogen (secondary N) is 3. The lowest BCUT2D eigenvalue weighted by Crippen LogP contribution is -2.37. The lowest BCUT2D eigenvalue weighted by Gasteiger charge is -2.28. The molecule has 9 nitrogen and oxygen atoms in total. The van der Waals surface area contributed by atoms with Gasteiger partial charge in [0.25, 0.3) is 0 Å². The lowest BCUT2D eigenvalue weighted by atomic mass is 9.85. The molecule has 2 aromatic carbocycles. The highest BCUT2D eigenvalue weighted by Crippen LogP contribution is 2.35. The van der Waals surface area contributed by atoms with Crippen molar-refractivity contribution in [2.24, 2.45) is 5.92 Å². The Labute approximate surface area is 227 Å². The number of rotatable bonds is 9. The second-order valence-electron chi connectivity index (χ2n) is 9.09. The van der Waals surface area contributed by atoms with Crippen molar-refractivity contribution in [2.75, 3.05) is 29.7 Å². The fourth-order valence-electron chi connectivity index (χ4n) is 4.56. The molecule has 1 fully saturated rings. The molecule has 38 heavy (non-hydrogen) atoms. The first-order valence-corrected chi connectivity index (χ1v) is 12.8. The molecule has 1 aromatic heterocycles. The van der Waals surface area contributed by atoms with Crippen LogP contribution in [0.2, 0.25) is 5.02 Å². The molecule has 0 spiro atoms. The maximum Gasteiger partial charge on any atom is 0.250 e. The molecule has 10 heteroatoms. The zero-order valence-corrected chi connectivity index (χ0v) is 22.2. The van der Waals surface area contributed by atoms with Gasteiger partial charge in [0.2, 0.25) is 17.8 Å². The molecule has 1 aliphatic rings. The van der Waals surface area contributed by atoms with Crippen LogP contribution in [0.15, 0.2) is 67.4 Å². The van der Waals surface area contributed by atoms with Gasteiger partial charge in [0.15, 0.2) is 5.82 Å². The first kappa shape index (κ1) is 27.1. The van der Waals surface area contributed by atoms with Gasteiger partial charge in [0, 0.05) is 19.0 Å². The highest BCUT2D eigenvalue weighted by atomic mass is 35.5. The van der Waals surface area contributed by atoms with Crippen LogP contribution in [0.5, 0.6) is 0 Å². The number of carbonyl (C=O) groups is 2. The first-order valence-electron chi connectivity index (χ1n) is 12.4. The largest absolute Gasteiger partial charge is 0.351 e. The van der Waals surface area contributed by atoms with Crippen LogP contribution in [0, 0.1) is 5.92 Å². The maximum atomic E-state index is 12.5. The Morgan fingerprint density at radius 2 is 1.95 bits per heavy atom. The molecule has 0 radical (unpaired) electrons. The Balaban J connectivity index is 1.58. The van der Waals surface area contributed by atoms with Gasteiger partial charge in [-0.25, -0.2) is 10.5 Å². The molecule has 1 aliphatic carbocycles. The average molecular weight is 535 g/mol. The normalized spacial score (nSPS) is 16.8. The van der Waals surface area contributed by atoms with E-state index in [1.54, 1.807) is 7.05 Å². The fraction of sp³-hybridized carbons (Fsp3) is 0.286. The summed E-state index contributed by atoms with van der Waals surface area (Å²) in [5.41, 5.74) is 5.68. The molecule has 1 heterocycles. The monoisotopic (exact) mass is 534 g/mol. The van der Waals surface area contributed by atoms with E-state index in [0.29, 0.717) is 34.6 Å². The Morgan fingerprint density at radius 1 is 1.16 bits per heavy atom. The molecule has 198 valence electrons. The topological polar surface area (TPSA) is 108 Å². The lowest BCUT2D eigenvalue weighted by molar-refractivity contribution is -0.136. The SMILES string of the molecule is C=CC(=O)N(C)c1cc(-c2ccccc2)ccc1Nc1nc(NC2CCCC(C(=O)NOC)C2)ncc1Cl. The van der Waals surface area contributed by atoms with Gasteiger partial charge >= 0.3 is 0 Å². The number of hydrogen-bond donors (Lipinski definition) is 3. The van der Waals surface area contributed by atoms with Gasteiger partial charge in [-0.05, 0) is 48.6 Å². The third-order valence-electron chi connectivity index (χ3n) is 6.55. The van der Waals surface area contributed by atoms with E-state index in [4.69, 9.17) is 16.4 Å². The molecule has 0 saturated heterocycles. The van der Waals surface area contributed by atoms with Gasteiger partial charge in [0.05, 0.1) is 24.7 Å². The number of halogens is 1. The van der Waals surface area contributed by atoms with Gasteiger partial charge < -0.3 is 15.5 Å². The van der Waals surface area contributed by atoms with Crippen molar-refractivity contribution in [3.8, 4) is 11.1 Å². The molecule has 4 rings (SSSR count). The van der Waals surface area contributed by atoms with Gasteiger partial charge in [-0.1, -0.05) is 61.0 Å². The smallest absolute Gasteiger partial charge is 0.250 e. The van der Waals surface area contributed by atoms with E-state index in [1.165, 1.54) is 24.3 Å². The molecule has 2 atom stereocenters. The number of benzene rings is 2. The Hall–Kier alpha value is -3.95. The molecule has 2 unspecified atom stereocenters. The highest BCUT2D eigenvalue weighted by Gasteiger charge is 2.28. The average Bonchev–Trinajstić information content (AvgIpc) is 2.95. The number of aromatic nitrogens is 2. The van der Waals surface area contributed by atoms with E-state index in [1.807, 2.05) is 48.5 Å². The summed E-state index contributed by atoms with van der Waals surface area (Å²) in [5, 5.41) is 6.93. The van der Waals surface area contributed by atoms with Gasteiger partial charge in [-0.2, -0.15) is 4.98 Å². The summed E-state index contributed by atoms with van der Waals surface area (Å²) in [5.74, 6) is 0.269. The van der Waals surface area contributed by atoms with Crippen LogP contribution < -0.4 is 21.0 Å². The van der Waals surface area contributed by atoms with Gasteiger partial charge in [-0.15, -0.1) is 0 Å². The number of anilines is 4. The number of amides is 2. The molecule has 0 bridgehead atoms. The first-order chi connectivity index (χ1) is 18.4. The van der Waals surface area contributed by atoms with E-state index in [9.17, 15) is 9.59 Å². The zero-order valence-electron chi connectivity index (χ0n) is 21.4. The van der Waals surface area contributed by atoms with Crippen molar-refractivity contribution < 1.29 is 14.4 Å². The van der Waals surface area contributed by atoms with Crippen LogP contribution in [-0.4, -0.2) is 42.0 Å². The zero-order chi connectivity index (χ0) is 27.1. The Kier molecular flexibility index (Phi) is 8.93. The highest BCUT2D eigenvalue weighted by molar-refractivity contribution is 6.33. The van der Waals surface area contributed by atoms with Crippen molar-refractivity contribution in [1.82, 2.24) is 15.4 Å². The van der Waals surface area contributed by atoms with Crippen LogP contribution >= 0.6 is 11.6 Å². The number of hydrogen-bond acceptors (Lipinski definition) is 7. The van der Waals surface area contributed by atoms with Crippen LogP contribution in [-0.2, 0) is 14.4 Å². The second kappa shape index (κ2) is 12.5. The molecule has 0 aliphatic heterocycles. The second-order valence-corrected chi connectivity index (χ2v) is 9.50. The summed E-state index contributed by atoms with van der Waals surface area (Å²) < 4.78 is 0. The minimum Gasteiger partial charge on any atom is -0.351 e. The molecule has 1 saturated carbocycles. The van der Waals surface area contributed by atoms with Crippen LogP contribution in [0.25, 0.3) is 11.1 Å². The molecule has 3 aromatic rings. The third kappa shape index (κ3) is 6.48. The third-order valence-corrected chi connectivity index (χ3v) is 6.83. The van der Waals surface area contributed by atoms with Crippen molar-refractivity contribution >= 4 is 46.6 Å². The summed E-state index contributed by atoms with van der Waals surface area (Å²) >= 11 is 6.46. The Bertz CT molecular complexity index is 1300.